The lowest BCUT2D eigenvalue weighted by molar-refractivity contribution is 0.448. The summed E-state index contributed by atoms with van der Waals surface area (Å²) in [6.45, 7) is 0. The second-order valence-electron chi connectivity index (χ2n) is 4.49. The fourth-order valence-electron chi connectivity index (χ4n) is 1.96. The molecule has 0 atom stereocenters. The molecule has 0 amide bonds. The quantitative estimate of drug-likeness (QED) is 0.766. The van der Waals surface area contributed by atoms with Gasteiger partial charge in [-0.3, -0.25) is 4.72 Å². The largest absolute Gasteiger partial charge is 0.356 e. The van der Waals surface area contributed by atoms with Crippen molar-refractivity contribution < 1.29 is 12.9 Å². The van der Waals surface area contributed by atoms with E-state index in [-0.39, 0.29) is 5.75 Å². The van der Waals surface area contributed by atoms with Crippen LogP contribution < -0.4 is 4.72 Å². The molecule has 0 saturated carbocycles. The Kier molecular flexibility index (Phi) is 3.69. The summed E-state index contributed by atoms with van der Waals surface area (Å²) < 4.78 is 32.9. The zero-order valence-corrected chi connectivity index (χ0v) is 13.2. The van der Waals surface area contributed by atoms with Crippen molar-refractivity contribution in [3.05, 3.63) is 58.7 Å². The Labute approximate surface area is 130 Å². The van der Waals surface area contributed by atoms with Crippen molar-refractivity contribution in [1.82, 2.24) is 5.16 Å². The molecule has 3 rings (SSSR count). The lowest BCUT2D eigenvalue weighted by Gasteiger charge is -2.06. The molecule has 7 heteroatoms. The van der Waals surface area contributed by atoms with Crippen molar-refractivity contribution in [2.75, 3.05) is 4.72 Å². The molecular formula is C14H11BrN2O3S. The topological polar surface area (TPSA) is 72.2 Å². The van der Waals surface area contributed by atoms with Gasteiger partial charge in [0.2, 0.25) is 10.0 Å². The summed E-state index contributed by atoms with van der Waals surface area (Å²) in [6.07, 6.45) is 0. The van der Waals surface area contributed by atoms with E-state index >= 15 is 0 Å². The molecule has 0 bridgehead atoms. The molecule has 0 spiro atoms. The lowest BCUT2D eigenvalue weighted by atomic mass is 10.2. The van der Waals surface area contributed by atoms with Crippen molar-refractivity contribution in [3.8, 4) is 0 Å². The first-order valence-corrected chi connectivity index (χ1v) is 8.57. The molecule has 5 nitrogen and oxygen atoms in total. The second-order valence-corrected chi connectivity index (χ2v) is 7.13. The Morgan fingerprint density at radius 3 is 2.57 bits per heavy atom. The van der Waals surface area contributed by atoms with Crippen LogP contribution in [0.15, 0.2) is 57.5 Å². The highest BCUT2D eigenvalue weighted by Gasteiger charge is 2.17. The minimum atomic E-state index is -3.55. The maximum Gasteiger partial charge on any atom is 0.238 e. The molecular weight excluding hydrogens is 356 g/mol. The molecule has 3 aromatic rings. The summed E-state index contributed by atoms with van der Waals surface area (Å²) in [5.74, 6) is -0.236. The van der Waals surface area contributed by atoms with Crippen LogP contribution in [-0.2, 0) is 15.8 Å². The fourth-order valence-corrected chi connectivity index (χ4v) is 3.36. The zero-order valence-electron chi connectivity index (χ0n) is 10.8. The van der Waals surface area contributed by atoms with Crippen LogP contribution in [0.25, 0.3) is 11.0 Å². The van der Waals surface area contributed by atoms with Gasteiger partial charge in [0.25, 0.3) is 0 Å². The summed E-state index contributed by atoms with van der Waals surface area (Å²) in [7, 11) is -3.55. The first kappa shape index (κ1) is 14.1. The van der Waals surface area contributed by atoms with E-state index in [1.807, 2.05) is 12.1 Å². The number of anilines is 1. The number of aromatic nitrogens is 1. The number of sulfonamides is 1. The first-order chi connectivity index (χ1) is 10.0. The molecule has 1 heterocycles. The SMILES string of the molecule is O=S(=O)(Cc1noc2ccccc12)Nc1ccc(Br)cc1. The highest BCUT2D eigenvalue weighted by atomic mass is 79.9. The summed E-state index contributed by atoms with van der Waals surface area (Å²) in [5, 5.41) is 4.54. The normalized spacial score (nSPS) is 11.7. The van der Waals surface area contributed by atoms with E-state index in [2.05, 4.69) is 25.8 Å². The molecule has 0 radical (unpaired) electrons. The Balaban J connectivity index is 1.84. The van der Waals surface area contributed by atoms with Crippen molar-refractivity contribution in [2.24, 2.45) is 0 Å². The molecule has 0 aliphatic carbocycles. The zero-order chi connectivity index (χ0) is 14.9. The van der Waals surface area contributed by atoms with E-state index in [0.717, 1.165) is 4.47 Å². The third-order valence-corrected chi connectivity index (χ3v) is 4.63. The van der Waals surface area contributed by atoms with Crippen molar-refractivity contribution >= 4 is 42.6 Å². The number of hydrogen-bond acceptors (Lipinski definition) is 4. The first-order valence-electron chi connectivity index (χ1n) is 6.13. The highest BCUT2D eigenvalue weighted by Crippen LogP contribution is 2.21. The van der Waals surface area contributed by atoms with Crippen molar-refractivity contribution in [2.45, 2.75) is 5.75 Å². The average molecular weight is 367 g/mol. The highest BCUT2D eigenvalue weighted by molar-refractivity contribution is 9.10. The number of benzene rings is 2. The Morgan fingerprint density at radius 1 is 1.10 bits per heavy atom. The molecule has 21 heavy (non-hydrogen) atoms. The van der Waals surface area contributed by atoms with E-state index in [4.69, 9.17) is 4.52 Å². The molecule has 0 unspecified atom stereocenters. The second kappa shape index (κ2) is 5.50. The molecule has 2 aromatic carbocycles. The number of para-hydroxylation sites is 1. The molecule has 108 valence electrons. The van der Waals surface area contributed by atoms with Crippen LogP contribution in [0, 0.1) is 0 Å². The van der Waals surface area contributed by atoms with Gasteiger partial charge in [0.1, 0.15) is 11.4 Å². The van der Waals surface area contributed by atoms with Crippen LogP contribution >= 0.6 is 15.9 Å². The van der Waals surface area contributed by atoms with Crippen LogP contribution in [0.4, 0.5) is 5.69 Å². The third kappa shape index (κ3) is 3.25. The summed E-state index contributed by atoms with van der Waals surface area (Å²) in [4.78, 5) is 0. The predicted octanol–water partition coefficient (Wildman–Crippen LogP) is 3.53. The van der Waals surface area contributed by atoms with Crippen LogP contribution in [0.5, 0.6) is 0 Å². The standard InChI is InChI=1S/C14H11BrN2O3S/c15-10-5-7-11(8-6-10)17-21(18,19)9-13-12-3-1-2-4-14(12)20-16-13/h1-8,17H,9H2. The van der Waals surface area contributed by atoms with E-state index in [0.29, 0.717) is 22.4 Å². The molecule has 0 fully saturated rings. The Bertz CT molecular complexity index is 873. The third-order valence-electron chi connectivity index (χ3n) is 2.90. The van der Waals surface area contributed by atoms with E-state index in [1.165, 1.54) is 0 Å². The van der Waals surface area contributed by atoms with Gasteiger partial charge >= 0.3 is 0 Å². The minimum Gasteiger partial charge on any atom is -0.356 e. The maximum atomic E-state index is 12.2. The molecule has 1 N–H and O–H groups in total. The van der Waals surface area contributed by atoms with Crippen molar-refractivity contribution in [1.29, 1.82) is 0 Å². The maximum absolute atomic E-state index is 12.2. The van der Waals surface area contributed by atoms with Gasteiger partial charge in [-0.2, -0.15) is 0 Å². The number of hydrogen-bond donors (Lipinski definition) is 1. The van der Waals surface area contributed by atoms with E-state index < -0.39 is 10.0 Å². The van der Waals surface area contributed by atoms with Gasteiger partial charge in [0, 0.05) is 15.5 Å². The molecule has 1 aromatic heterocycles. The van der Waals surface area contributed by atoms with Gasteiger partial charge < -0.3 is 4.52 Å². The smallest absolute Gasteiger partial charge is 0.238 e. The van der Waals surface area contributed by atoms with Crippen molar-refractivity contribution in [3.63, 3.8) is 0 Å². The van der Waals surface area contributed by atoms with Gasteiger partial charge in [-0.15, -0.1) is 0 Å². The number of halogens is 1. The van der Waals surface area contributed by atoms with Gasteiger partial charge in [0.05, 0.1) is 0 Å². The van der Waals surface area contributed by atoms with E-state index in [1.54, 1.807) is 36.4 Å². The van der Waals surface area contributed by atoms with Crippen LogP contribution in [0.3, 0.4) is 0 Å². The van der Waals surface area contributed by atoms with Gasteiger partial charge in [-0.1, -0.05) is 33.2 Å². The molecule has 0 saturated heterocycles. The summed E-state index contributed by atoms with van der Waals surface area (Å²) in [6, 6.07) is 14.1. The Hall–Kier alpha value is -1.86. The fraction of sp³-hybridized carbons (Fsp3) is 0.0714. The van der Waals surface area contributed by atoms with Crippen LogP contribution in [0.2, 0.25) is 0 Å². The van der Waals surface area contributed by atoms with Crippen LogP contribution in [-0.4, -0.2) is 13.6 Å². The predicted molar refractivity (Wildman–Crippen MR) is 84.4 cm³/mol. The molecule has 0 aliphatic rings. The number of fused-ring (bicyclic) bond motifs is 1. The number of nitrogens with one attached hydrogen (secondary N) is 1. The minimum absolute atomic E-state index is 0.236. The average Bonchev–Trinajstić information content (AvgIpc) is 2.84. The summed E-state index contributed by atoms with van der Waals surface area (Å²) >= 11 is 3.30. The number of rotatable bonds is 4. The van der Waals surface area contributed by atoms with E-state index in [9.17, 15) is 8.42 Å². The molecule has 0 aliphatic heterocycles. The lowest BCUT2D eigenvalue weighted by Crippen LogP contribution is -2.15. The summed E-state index contributed by atoms with van der Waals surface area (Å²) in [5.41, 5.74) is 1.48. The van der Waals surface area contributed by atoms with Gasteiger partial charge in [-0.05, 0) is 36.4 Å². The number of nitrogens with zero attached hydrogens (tertiary/aromatic N) is 1. The van der Waals surface area contributed by atoms with Crippen LogP contribution in [0.1, 0.15) is 5.69 Å². The monoisotopic (exact) mass is 366 g/mol. The van der Waals surface area contributed by atoms with Gasteiger partial charge in [-0.25, -0.2) is 8.42 Å². The van der Waals surface area contributed by atoms with Gasteiger partial charge in [0.15, 0.2) is 5.58 Å². The Morgan fingerprint density at radius 2 is 1.81 bits per heavy atom.